The summed E-state index contributed by atoms with van der Waals surface area (Å²) in [6.45, 7) is 0. The molecule has 1 aliphatic rings. The second-order valence-corrected chi connectivity index (χ2v) is 8.06. The van der Waals surface area contributed by atoms with Crippen LogP contribution in [-0.2, 0) is 0 Å². The van der Waals surface area contributed by atoms with Crippen molar-refractivity contribution in [1.82, 2.24) is 0 Å². The third-order valence-corrected chi connectivity index (χ3v) is 6.86. The van der Waals surface area contributed by atoms with E-state index in [9.17, 15) is 4.79 Å². The van der Waals surface area contributed by atoms with E-state index in [1.54, 1.807) is 34.0 Å². The quantitative estimate of drug-likeness (QED) is 0.556. The SMILES string of the molecule is O=C(c1ccc(-c2ccc(-c3cccs3)s2)s1)C1CC1. The molecule has 4 rings (SSSR count). The van der Waals surface area contributed by atoms with Crippen LogP contribution < -0.4 is 0 Å². The molecule has 0 amide bonds. The Bertz CT molecular complexity index is 744. The maximum absolute atomic E-state index is 12.1. The first-order valence-corrected chi connectivity index (χ1v) is 9.10. The Morgan fingerprint density at radius 3 is 2.30 bits per heavy atom. The highest BCUT2D eigenvalue weighted by Crippen LogP contribution is 2.41. The monoisotopic (exact) mass is 316 g/mol. The average Bonchev–Trinajstić information content (AvgIpc) is 2.94. The highest BCUT2D eigenvalue weighted by Gasteiger charge is 2.31. The molecule has 100 valence electrons. The Balaban J connectivity index is 1.63. The molecule has 0 bridgehead atoms. The van der Waals surface area contributed by atoms with Gasteiger partial charge in [0, 0.05) is 25.4 Å². The van der Waals surface area contributed by atoms with Gasteiger partial charge in [0.15, 0.2) is 5.78 Å². The molecule has 0 aromatic carbocycles. The number of Topliss-reactive ketones (excluding diaryl/α,β-unsaturated/α-hetero) is 1. The van der Waals surface area contributed by atoms with E-state index in [1.165, 1.54) is 19.5 Å². The van der Waals surface area contributed by atoms with Gasteiger partial charge in [0.1, 0.15) is 0 Å². The summed E-state index contributed by atoms with van der Waals surface area (Å²) in [7, 11) is 0. The Hall–Kier alpha value is -1.23. The second kappa shape index (κ2) is 4.95. The summed E-state index contributed by atoms with van der Waals surface area (Å²) in [5.41, 5.74) is 0. The first-order chi connectivity index (χ1) is 9.81. The standard InChI is InChI=1S/C16H12OS3/c17-16(10-3-4-10)15-8-7-14(20-15)13-6-5-12(19-13)11-2-1-9-18-11/h1-2,5-10H,3-4H2. The van der Waals surface area contributed by atoms with Crippen LogP contribution in [0.4, 0.5) is 0 Å². The van der Waals surface area contributed by atoms with Crippen LogP contribution in [-0.4, -0.2) is 5.78 Å². The molecule has 0 radical (unpaired) electrons. The van der Waals surface area contributed by atoms with Gasteiger partial charge in [-0.05, 0) is 48.6 Å². The first kappa shape index (κ1) is 12.5. The number of rotatable bonds is 4. The van der Waals surface area contributed by atoms with Crippen molar-refractivity contribution in [2.24, 2.45) is 5.92 Å². The minimum Gasteiger partial charge on any atom is -0.293 e. The summed E-state index contributed by atoms with van der Waals surface area (Å²) < 4.78 is 0. The van der Waals surface area contributed by atoms with Gasteiger partial charge in [-0.25, -0.2) is 0 Å². The predicted octanol–water partition coefficient (Wildman–Crippen LogP) is 5.80. The number of hydrogen-bond acceptors (Lipinski definition) is 4. The van der Waals surface area contributed by atoms with Gasteiger partial charge >= 0.3 is 0 Å². The van der Waals surface area contributed by atoms with Gasteiger partial charge in [0.2, 0.25) is 0 Å². The zero-order valence-electron chi connectivity index (χ0n) is 10.7. The van der Waals surface area contributed by atoms with Crippen LogP contribution in [0.1, 0.15) is 22.5 Å². The molecular weight excluding hydrogens is 304 g/mol. The Labute approximate surface area is 129 Å². The van der Waals surface area contributed by atoms with E-state index >= 15 is 0 Å². The molecular formula is C16H12OS3. The van der Waals surface area contributed by atoms with Crippen molar-refractivity contribution in [3.63, 3.8) is 0 Å². The van der Waals surface area contributed by atoms with Crippen molar-refractivity contribution in [2.75, 3.05) is 0 Å². The Kier molecular flexibility index (Phi) is 3.10. The highest BCUT2D eigenvalue weighted by atomic mass is 32.1. The maximum Gasteiger partial charge on any atom is 0.175 e. The molecule has 1 aliphatic carbocycles. The van der Waals surface area contributed by atoms with E-state index in [4.69, 9.17) is 0 Å². The van der Waals surface area contributed by atoms with E-state index in [2.05, 4.69) is 35.7 Å². The van der Waals surface area contributed by atoms with Crippen molar-refractivity contribution in [3.05, 3.63) is 46.7 Å². The van der Waals surface area contributed by atoms with Crippen LogP contribution in [0.2, 0.25) is 0 Å². The van der Waals surface area contributed by atoms with Crippen molar-refractivity contribution >= 4 is 39.8 Å². The summed E-state index contributed by atoms with van der Waals surface area (Å²) in [5.74, 6) is 0.655. The fourth-order valence-electron chi connectivity index (χ4n) is 2.17. The number of hydrogen-bond donors (Lipinski definition) is 0. The molecule has 20 heavy (non-hydrogen) atoms. The molecule has 3 heterocycles. The van der Waals surface area contributed by atoms with Gasteiger partial charge in [0.25, 0.3) is 0 Å². The normalized spacial score (nSPS) is 14.6. The van der Waals surface area contributed by atoms with Gasteiger partial charge < -0.3 is 0 Å². The molecule has 0 N–H and O–H groups in total. The van der Waals surface area contributed by atoms with Gasteiger partial charge in [-0.1, -0.05) is 6.07 Å². The number of carbonyl (C=O) groups is 1. The van der Waals surface area contributed by atoms with Gasteiger partial charge in [-0.3, -0.25) is 4.79 Å². The third kappa shape index (κ3) is 2.28. The first-order valence-electron chi connectivity index (χ1n) is 6.59. The molecule has 4 heteroatoms. The van der Waals surface area contributed by atoms with Crippen LogP contribution in [0.15, 0.2) is 41.8 Å². The van der Waals surface area contributed by atoms with Crippen molar-refractivity contribution in [2.45, 2.75) is 12.8 Å². The van der Waals surface area contributed by atoms with E-state index in [1.807, 2.05) is 6.07 Å². The summed E-state index contributed by atoms with van der Waals surface area (Å²) >= 11 is 5.21. The third-order valence-electron chi connectivity index (χ3n) is 3.41. The second-order valence-electron chi connectivity index (χ2n) is 4.94. The van der Waals surface area contributed by atoms with Gasteiger partial charge in [-0.15, -0.1) is 34.0 Å². The van der Waals surface area contributed by atoms with E-state index < -0.39 is 0 Å². The largest absolute Gasteiger partial charge is 0.293 e. The molecule has 0 spiro atoms. The topological polar surface area (TPSA) is 17.1 Å². The lowest BCUT2D eigenvalue weighted by molar-refractivity contribution is 0.0971. The fraction of sp³-hybridized carbons (Fsp3) is 0.188. The van der Waals surface area contributed by atoms with Crippen LogP contribution in [0.3, 0.4) is 0 Å². The lowest BCUT2D eigenvalue weighted by atomic mass is 10.2. The molecule has 1 fully saturated rings. The molecule has 0 saturated heterocycles. The lowest BCUT2D eigenvalue weighted by Gasteiger charge is -1.92. The zero-order valence-corrected chi connectivity index (χ0v) is 13.1. The summed E-state index contributed by atoms with van der Waals surface area (Å²) in [6, 6.07) is 12.6. The zero-order chi connectivity index (χ0) is 13.5. The lowest BCUT2D eigenvalue weighted by Crippen LogP contribution is -1.96. The molecule has 1 nitrogen and oxygen atoms in total. The van der Waals surface area contributed by atoms with Crippen LogP contribution in [0.25, 0.3) is 19.5 Å². The minimum absolute atomic E-state index is 0.312. The summed E-state index contributed by atoms with van der Waals surface area (Å²) in [5, 5.41) is 2.10. The fourth-order valence-corrected chi connectivity index (χ4v) is 5.13. The summed E-state index contributed by atoms with van der Waals surface area (Å²) in [6.07, 6.45) is 2.15. The molecule has 3 aromatic rings. The number of carbonyl (C=O) groups excluding carboxylic acids is 1. The molecule has 0 aliphatic heterocycles. The molecule has 1 saturated carbocycles. The van der Waals surface area contributed by atoms with E-state index in [0.29, 0.717) is 11.7 Å². The van der Waals surface area contributed by atoms with Crippen molar-refractivity contribution in [3.8, 4) is 19.5 Å². The predicted molar refractivity (Wildman–Crippen MR) is 88.0 cm³/mol. The van der Waals surface area contributed by atoms with Crippen LogP contribution >= 0.6 is 34.0 Å². The maximum atomic E-state index is 12.1. The van der Waals surface area contributed by atoms with Crippen LogP contribution in [0, 0.1) is 5.92 Å². The van der Waals surface area contributed by atoms with E-state index in [-0.39, 0.29) is 0 Å². The van der Waals surface area contributed by atoms with Crippen LogP contribution in [0.5, 0.6) is 0 Å². The van der Waals surface area contributed by atoms with Crippen molar-refractivity contribution < 1.29 is 4.79 Å². The number of ketones is 1. The highest BCUT2D eigenvalue weighted by molar-refractivity contribution is 7.26. The molecule has 0 atom stereocenters. The van der Waals surface area contributed by atoms with Gasteiger partial charge in [0.05, 0.1) is 4.88 Å². The molecule has 3 aromatic heterocycles. The van der Waals surface area contributed by atoms with Crippen molar-refractivity contribution in [1.29, 1.82) is 0 Å². The average molecular weight is 316 g/mol. The Morgan fingerprint density at radius 2 is 1.60 bits per heavy atom. The minimum atomic E-state index is 0.312. The molecule has 0 unspecified atom stereocenters. The van der Waals surface area contributed by atoms with E-state index in [0.717, 1.165) is 17.7 Å². The summed E-state index contributed by atoms with van der Waals surface area (Å²) in [4.78, 5) is 18.1. The Morgan fingerprint density at radius 1 is 0.900 bits per heavy atom. The van der Waals surface area contributed by atoms with Gasteiger partial charge in [-0.2, -0.15) is 0 Å². The number of thiophene rings is 3. The smallest absolute Gasteiger partial charge is 0.175 e.